The number of nitrogens with two attached hydrogens (primary N) is 1. The van der Waals surface area contributed by atoms with Crippen LogP contribution in [0.5, 0.6) is 11.5 Å². The highest BCUT2D eigenvalue weighted by molar-refractivity contribution is 5.75. The van der Waals surface area contributed by atoms with Crippen LogP contribution < -0.4 is 20.7 Å². The summed E-state index contributed by atoms with van der Waals surface area (Å²) in [6.07, 6.45) is 3.66. The summed E-state index contributed by atoms with van der Waals surface area (Å²) in [5, 5.41) is 2.95. The van der Waals surface area contributed by atoms with Crippen LogP contribution in [0.1, 0.15) is 24.5 Å². The fraction of sp³-hybridized carbons (Fsp3) is 0.300. The van der Waals surface area contributed by atoms with Crippen LogP contribution in [0, 0.1) is 5.82 Å². The van der Waals surface area contributed by atoms with Crippen LogP contribution in [-0.2, 0) is 6.42 Å². The third-order valence-electron chi connectivity index (χ3n) is 4.72. The minimum atomic E-state index is -0.326. The fourth-order valence-electron chi connectivity index (χ4n) is 3.20. The number of anilines is 1. The summed E-state index contributed by atoms with van der Waals surface area (Å²) in [5.74, 6) is 0.840. The lowest BCUT2D eigenvalue weighted by Crippen LogP contribution is -2.33. The first-order valence-corrected chi connectivity index (χ1v) is 8.46. The predicted octanol–water partition coefficient (Wildman–Crippen LogP) is 3.87. The summed E-state index contributed by atoms with van der Waals surface area (Å²) in [6.45, 7) is 2.21. The molecule has 0 spiro atoms. The van der Waals surface area contributed by atoms with Crippen molar-refractivity contribution in [2.75, 3.05) is 19.0 Å². The van der Waals surface area contributed by atoms with Gasteiger partial charge in [-0.15, -0.1) is 0 Å². The summed E-state index contributed by atoms with van der Waals surface area (Å²) in [6, 6.07) is 10.7. The van der Waals surface area contributed by atoms with Gasteiger partial charge in [0.15, 0.2) is 0 Å². The lowest BCUT2D eigenvalue weighted by molar-refractivity contribution is 0.462. The zero-order valence-electron chi connectivity index (χ0n) is 14.8. The van der Waals surface area contributed by atoms with E-state index >= 15 is 0 Å². The number of rotatable bonds is 4. The quantitative estimate of drug-likeness (QED) is 0.886. The van der Waals surface area contributed by atoms with Gasteiger partial charge in [-0.3, -0.25) is 0 Å². The maximum Gasteiger partial charge on any atom is 0.142 e. The third kappa shape index (κ3) is 3.40. The average molecular weight is 341 g/mol. The Morgan fingerprint density at radius 3 is 2.88 bits per heavy atom. The third-order valence-corrected chi connectivity index (χ3v) is 4.72. The van der Waals surface area contributed by atoms with Gasteiger partial charge in [0.05, 0.1) is 5.70 Å². The molecule has 3 rings (SSSR count). The second-order valence-electron chi connectivity index (χ2n) is 6.39. The number of hydrogen-bond acceptors (Lipinski definition) is 4. The summed E-state index contributed by atoms with van der Waals surface area (Å²) in [4.78, 5) is 2.25. The van der Waals surface area contributed by atoms with Crippen molar-refractivity contribution in [3.05, 3.63) is 59.5 Å². The van der Waals surface area contributed by atoms with Gasteiger partial charge in [-0.1, -0.05) is 6.07 Å². The molecule has 2 aromatic rings. The number of nitrogens with zero attached hydrogens (tertiary/aromatic N) is 1. The molecule has 0 saturated heterocycles. The highest BCUT2D eigenvalue weighted by atomic mass is 19.1. The molecule has 2 aromatic carbocycles. The molecule has 3 N–H and O–H groups in total. The molecular formula is C20H24FN3O. The average Bonchev–Trinajstić information content (AvgIpc) is 2.58. The van der Waals surface area contributed by atoms with Crippen molar-refractivity contribution in [2.45, 2.75) is 25.8 Å². The van der Waals surface area contributed by atoms with Gasteiger partial charge in [-0.25, -0.2) is 4.39 Å². The van der Waals surface area contributed by atoms with Crippen LogP contribution in [0.2, 0.25) is 0 Å². The maximum atomic E-state index is 13.6. The first-order chi connectivity index (χ1) is 12.0. The first kappa shape index (κ1) is 17.1. The lowest BCUT2D eigenvalue weighted by atomic mass is 9.93. The monoisotopic (exact) mass is 341 g/mol. The van der Waals surface area contributed by atoms with E-state index in [0.717, 1.165) is 29.7 Å². The van der Waals surface area contributed by atoms with Gasteiger partial charge in [-0.2, -0.15) is 0 Å². The van der Waals surface area contributed by atoms with Crippen molar-refractivity contribution in [1.29, 1.82) is 0 Å². The van der Waals surface area contributed by atoms with Crippen molar-refractivity contribution < 1.29 is 9.13 Å². The van der Waals surface area contributed by atoms with E-state index in [1.165, 1.54) is 12.1 Å². The fourth-order valence-corrected chi connectivity index (χ4v) is 3.20. The van der Waals surface area contributed by atoms with Gasteiger partial charge >= 0.3 is 0 Å². The van der Waals surface area contributed by atoms with Crippen LogP contribution in [0.3, 0.4) is 0 Å². The molecule has 25 heavy (non-hydrogen) atoms. The van der Waals surface area contributed by atoms with Crippen molar-refractivity contribution >= 4 is 11.4 Å². The number of fused-ring (bicyclic) bond motifs is 1. The van der Waals surface area contributed by atoms with Crippen LogP contribution in [-0.4, -0.2) is 20.1 Å². The highest BCUT2D eigenvalue weighted by Gasteiger charge is 2.25. The highest BCUT2D eigenvalue weighted by Crippen LogP contribution is 2.41. The number of halogens is 1. The Balaban J connectivity index is 2.13. The minimum Gasteiger partial charge on any atom is -0.456 e. The standard InChI is InChI=1S/C20H24FN3O/c1-13-7-8-17-19(24(13)3)10-9-16(18(22)12-23-2)20(17)25-15-6-4-5-14(21)11-15/h4-6,9-13,23H,7-8,22H2,1-3H3/b18-12-. The van der Waals surface area contributed by atoms with Crippen LogP contribution >= 0.6 is 0 Å². The molecule has 1 unspecified atom stereocenters. The molecule has 5 heteroatoms. The molecular weight excluding hydrogens is 317 g/mol. The Morgan fingerprint density at radius 2 is 2.16 bits per heavy atom. The summed E-state index contributed by atoms with van der Waals surface area (Å²) in [7, 11) is 3.88. The van der Waals surface area contributed by atoms with E-state index < -0.39 is 0 Å². The van der Waals surface area contributed by atoms with E-state index in [0.29, 0.717) is 23.2 Å². The Morgan fingerprint density at radius 1 is 1.36 bits per heavy atom. The van der Waals surface area contributed by atoms with E-state index in [1.54, 1.807) is 25.4 Å². The summed E-state index contributed by atoms with van der Waals surface area (Å²) < 4.78 is 19.7. The minimum absolute atomic E-state index is 0.326. The number of hydrogen-bond donors (Lipinski definition) is 2. The Labute approximate surface area is 148 Å². The van der Waals surface area contributed by atoms with Gasteiger partial charge in [0.25, 0.3) is 0 Å². The van der Waals surface area contributed by atoms with Crippen LogP contribution in [0.25, 0.3) is 5.70 Å². The second kappa shape index (κ2) is 7.05. The molecule has 132 valence electrons. The molecule has 0 aliphatic carbocycles. The smallest absolute Gasteiger partial charge is 0.142 e. The molecule has 1 aliphatic heterocycles. The molecule has 1 heterocycles. The van der Waals surface area contributed by atoms with E-state index in [-0.39, 0.29) is 5.82 Å². The van der Waals surface area contributed by atoms with Crippen LogP contribution in [0.15, 0.2) is 42.6 Å². The molecule has 1 aliphatic rings. The summed E-state index contributed by atoms with van der Waals surface area (Å²) in [5.41, 5.74) is 9.84. The number of ether oxygens (including phenoxy) is 1. The molecule has 1 atom stereocenters. The molecule has 0 bridgehead atoms. The Bertz CT molecular complexity index is 804. The normalized spacial score (nSPS) is 17.2. The first-order valence-electron chi connectivity index (χ1n) is 8.46. The molecule has 0 aromatic heterocycles. The molecule has 0 amide bonds. The summed E-state index contributed by atoms with van der Waals surface area (Å²) >= 11 is 0. The van der Waals surface area contributed by atoms with Gasteiger partial charge in [-0.05, 0) is 44.0 Å². The van der Waals surface area contributed by atoms with Crippen molar-refractivity contribution in [1.82, 2.24) is 5.32 Å². The Hall–Kier alpha value is -2.69. The van der Waals surface area contributed by atoms with Crippen molar-refractivity contribution in [3.63, 3.8) is 0 Å². The number of benzene rings is 2. The number of nitrogens with one attached hydrogen (secondary N) is 1. The van der Waals surface area contributed by atoms with Crippen molar-refractivity contribution in [2.24, 2.45) is 5.73 Å². The SMILES string of the molecule is CN/C=C(\N)c1ccc2c(c1Oc1cccc(F)c1)CCC(C)N2C. The molecule has 0 saturated carbocycles. The Kier molecular flexibility index (Phi) is 4.83. The zero-order valence-corrected chi connectivity index (χ0v) is 14.8. The largest absolute Gasteiger partial charge is 0.456 e. The van der Waals surface area contributed by atoms with E-state index in [9.17, 15) is 4.39 Å². The second-order valence-corrected chi connectivity index (χ2v) is 6.39. The topological polar surface area (TPSA) is 50.5 Å². The molecule has 0 radical (unpaired) electrons. The van der Waals surface area contributed by atoms with Gasteiger partial charge in [0, 0.05) is 49.2 Å². The van der Waals surface area contributed by atoms with E-state index in [4.69, 9.17) is 10.5 Å². The molecule has 0 fully saturated rings. The van der Waals surface area contributed by atoms with Crippen molar-refractivity contribution in [3.8, 4) is 11.5 Å². The van der Waals surface area contributed by atoms with E-state index in [2.05, 4.69) is 30.3 Å². The van der Waals surface area contributed by atoms with Gasteiger partial charge < -0.3 is 20.7 Å². The van der Waals surface area contributed by atoms with E-state index in [1.807, 2.05) is 6.07 Å². The predicted molar refractivity (Wildman–Crippen MR) is 100 cm³/mol. The maximum absolute atomic E-state index is 13.6. The van der Waals surface area contributed by atoms with Gasteiger partial charge in [0.1, 0.15) is 17.3 Å². The lowest BCUT2D eigenvalue weighted by Gasteiger charge is -2.35. The van der Waals surface area contributed by atoms with Crippen LogP contribution in [0.4, 0.5) is 10.1 Å². The van der Waals surface area contributed by atoms with Gasteiger partial charge in [0.2, 0.25) is 0 Å². The zero-order chi connectivity index (χ0) is 18.0. The molecule has 4 nitrogen and oxygen atoms in total.